The number of nitrogens with zero attached hydrogens (tertiary/aromatic N) is 2. The molecule has 212 valence electrons. The van der Waals surface area contributed by atoms with Gasteiger partial charge >= 0.3 is 7.12 Å². The fraction of sp³-hybridized carbons (Fsp3) is 0.438. The van der Waals surface area contributed by atoms with Crippen molar-refractivity contribution in [2.75, 3.05) is 0 Å². The molecule has 1 saturated heterocycles. The highest BCUT2D eigenvalue weighted by atomic mass is 16.7. The number of benzene rings is 2. The van der Waals surface area contributed by atoms with Crippen molar-refractivity contribution >= 4 is 18.9 Å². The molecule has 41 heavy (non-hydrogen) atoms. The van der Waals surface area contributed by atoms with Gasteiger partial charge in [-0.15, -0.1) is 0 Å². The van der Waals surface area contributed by atoms with E-state index in [0.29, 0.717) is 18.3 Å². The standard InChI is InChI=1S/C32H37BN4O4/c1-31(2)23-17-26(31)32(3)27(18-23)40-33(41-32)28(16-21-10-6-4-7-11-21)37-29(38)19-24(22-12-8-5-9-13-22)36-30(39)25-20-34-14-15-35-25/h4-15,20,23-24,26-28H,16-19H2,1-3H3,(H,36,39)(H,37,38)/t23-,24?,26-,27-,28+,32+/m1/s1. The van der Waals surface area contributed by atoms with Crippen LogP contribution in [-0.4, -0.2) is 46.5 Å². The Labute approximate surface area is 241 Å². The van der Waals surface area contributed by atoms with Gasteiger partial charge in [0.2, 0.25) is 5.91 Å². The van der Waals surface area contributed by atoms with Gasteiger partial charge in [0, 0.05) is 12.4 Å². The van der Waals surface area contributed by atoms with Gasteiger partial charge in [-0.2, -0.15) is 0 Å². The highest BCUT2D eigenvalue weighted by Gasteiger charge is 2.68. The van der Waals surface area contributed by atoms with E-state index in [4.69, 9.17) is 9.31 Å². The number of amides is 2. The van der Waals surface area contributed by atoms with Crippen LogP contribution in [0.25, 0.3) is 0 Å². The Morgan fingerprint density at radius 1 is 1.00 bits per heavy atom. The second-order valence-corrected chi connectivity index (χ2v) is 12.4. The molecule has 1 unspecified atom stereocenters. The average Bonchev–Trinajstić information content (AvgIpc) is 3.35. The third kappa shape index (κ3) is 5.40. The summed E-state index contributed by atoms with van der Waals surface area (Å²) < 4.78 is 13.4. The van der Waals surface area contributed by atoms with E-state index in [2.05, 4.69) is 53.5 Å². The smallest absolute Gasteiger partial charge is 0.404 e. The lowest BCUT2D eigenvalue weighted by atomic mass is 9.43. The maximum Gasteiger partial charge on any atom is 0.482 e. The third-order valence-corrected chi connectivity index (χ3v) is 9.63. The summed E-state index contributed by atoms with van der Waals surface area (Å²) in [4.78, 5) is 34.7. The van der Waals surface area contributed by atoms with Gasteiger partial charge in [-0.25, -0.2) is 4.98 Å². The minimum atomic E-state index is -0.561. The molecule has 1 aromatic heterocycles. The predicted molar refractivity (Wildman–Crippen MR) is 155 cm³/mol. The number of rotatable bonds is 9. The van der Waals surface area contributed by atoms with Gasteiger partial charge in [0.25, 0.3) is 5.91 Å². The summed E-state index contributed by atoms with van der Waals surface area (Å²) in [6.07, 6.45) is 7.17. The Morgan fingerprint density at radius 3 is 2.41 bits per heavy atom. The van der Waals surface area contributed by atoms with E-state index >= 15 is 0 Å². The Hall–Kier alpha value is -3.56. The van der Waals surface area contributed by atoms with Crippen molar-refractivity contribution in [2.45, 2.75) is 70.1 Å². The molecule has 4 aliphatic rings. The number of carbonyl (C=O) groups is 2. The van der Waals surface area contributed by atoms with Gasteiger partial charge in [0.05, 0.1) is 36.3 Å². The lowest BCUT2D eigenvalue weighted by Crippen LogP contribution is -2.65. The number of hydrogen-bond donors (Lipinski definition) is 2. The number of carbonyl (C=O) groups excluding carboxylic acids is 2. The van der Waals surface area contributed by atoms with E-state index in [0.717, 1.165) is 24.0 Å². The minimum Gasteiger partial charge on any atom is -0.404 e. The van der Waals surface area contributed by atoms with Crippen LogP contribution < -0.4 is 10.6 Å². The molecule has 2 amide bonds. The normalized spacial score (nSPS) is 27.2. The molecule has 9 heteroatoms. The van der Waals surface area contributed by atoms with Gasteiger partial charge in [-0.3, -0.25) is 14.6 Å². The van der Waals surface area contributed by atoms with Gasteiger partial charge in [0.15, 0.2) is 0 Å². The summed E-state index contributed by atoms with van der Waals surface area (Å²) in [5.41, 5.74) is 1.96. The molecule has 2 heterocycles. The molecule has 3 aromatic rings. The maximum atomic E-state index is 13.7. The van der Waals surface area contributed by atoms with Crippen molar-refractivity contribution in [1.82, 2.24) is 20.6 Å². The Bertz CT molecular complexity index is 1380. The first kappa shape index (κ1) is 27.6. The van der Waals surface area contributed by atoms with Crippen molar-refractivity contribution in [3.63, 3.8) is 0 Å². The van der Waals surface area contributed by atoms with Crippen molar-refractivity contribution in [1.29, 1.82) is 0 Å². The number of nitrogens with one attached hydrogen (secondary N) is 2. The van der Waals surface area contributed by atoms with E-state index in [9.17, 15) is 9.59 Å². The second kappa shape index (κ2) is 11.0. The van der Waals surface area contributed by atoms with Crippen LogP contribution in [0, 0.1) is 17.3 Å². The van der Waals surface area contributed by atoms with Crippen molar-refractivity contribution < 1.29 is 18.9 Å². The molecule has 2 bridgehead atoms. The maximum absolute atomic E-state index is 13.7. The minimum absolute atomic E-state index is 0.0165. The average molecular weight is 552 g/mol. The number of aromatic nitrogens is 2. The fourth-order valence-electron chi connectivity index (χ4n) is 7.19. The Kier molecular flexibility index (Phi) is 7.42. The van der Waals surface area contributed by atoms with Crippen LogP contribution in [0.15, 0.2) is 79.3 Å². The summed E-state index contributed by atoms with van der Waals surface area (Å²) in [6, 6.07) is 19.0. The van der Waals surface area contributed by atoms with Crippen molar-refractivity contribution in [2.24, 2.45) is 17.3 Å². The van der Waals surface area contributed by atoms with Crippen LogP contribution in [-0.2, 0) is 20.5 Å². The van der Waals surface area contributed by atoms with E-state index in [1.54, 1.807) is 0 Å². The molecule has 0 spiro atoms. The van der Waals surface area contributed by atoms with Gasteiger partial charge < -0.3 is 19.9 Å². The molecule has 8 nitrogen and oxygen atoms in total. The van der Waals surface area contributed by atoms with Crippen LogP contribution in [0.2, 0.25) is 0 Å². The van der Waals surface area contributed by atoms with Crippen molar-refractivity contribution in [3.8, 4) is 0 Å². The van der Waals surface area contributed by atoms with E-state index in [-0.39, 0.29) is 47.0 Å². The topological polar surface area (TPSA) is 102 Å². The second-order valence-electron chi connectivity index (χ2n) is 12.4. The summed E-state index contributed by atoms with van der Waals surface area (Å²) in [6.45, 7) is 6.87. The number of hydrogen-bond acceptors (Lipinski definition) is 6. The molecule has 0 radical (unpaired) electrons. The molecule has 2 N–H and O–H groups in total. The Balaban J connectivity index is 1.20. The quantitative estimate of drug-likeness (QED) is 0.383. The largest absolute Gasteiger partial charge is 0.482 e. The van der Waals surface area contributed by atoms with E-state index < -0.39 is 13.2 Å². The summed E-state index contributed by atoms with van der Waals surface area (Å²) in [7, 11) is -0.561. The van der Waals surface area contributed by atoms with Crippen molar-refractivity contribution in [3.05, 3.63) is 96.1 Å². The molecular weight excluding hydrogens is 515 g/mol. The molecule has 6 atom stereocenters. The lowest BCUT2D eigenvalue weighted by Gasteiger charge is -2.64. The Morgan fingerprint density at radius 2 is 1.73 bits per heavy atom. The molecule has 2 aromatic carbocycles. The van der Waals surface area contributed by atoms with Gasteiger partial charge in [-0.05, 0) is 54.6 Å². The van der Waals surface area contributed by atoms with E-state index in [1.807, 2.05) is 48.5 Å². The lowest BCUT2D eigenvalue weighted by molar-refractivity contribution is -0.199. The first-order valence-corrected chi connectivity index (χ1v) is 14.5. The fourth-order valence-corrected chi connectivity index (χ4v) is 7.19. The third-order valence-electron chi connectivity index (χ3n) is 9.63. The summed E-state index contributed by atoms with van der Waals surface area (Å²) >= 11 is 0. The molecule has 1 aliphatic heterocycles. The highest BCUT2D eigenvalue weighted by molar-refractivity contribution is 6.48. The predicted octanol–water partition coefficient (Wildman–Crippen LogP) is 4.33. The van der Waals surface area contributed by atoms with Crippen LogP contribution in [0.4, 0.5) is 0 Å². The van der Waals surface area contributed by atoms with Gasteiger partial charge in [-0.1, -0.05) is 74.5 Å². The zero-order chi connectivity index (χ0) is 28.6. The SMILES string of the molecule is CC1(C)[C@@H]2C[C@H]1[C@]1(C)OB([C@H](Cc3ccccc3)NC(=O)CC(NC(=O)c3cnccn3)c3ccccc3)O[C@@H]1C2. The molecular formula is C32H37BN4O4. The summed E-state index contributed by atoms with van der Waals surface area (Å²) in [5, 5.41) is 6.20. The van der Waals surface area contributed by atoms with E-state index in [1.165, 1.54) is 18.6 Å². The zero-order valence-electron chi connectivity index (χ0n) is 23.8. The van der Waals surface area contributed by atoms with Gasteiger partial charge in [0.1, 0.15) is 5.69 Å². The molecule has 3 aliphatic carbocycles. The molecule has 7 rings (SSSR count). The van der Waals surface area contributed by atoms with Crippen LogP contribution >= 0.6 is 0 Å². The first-order chi connectivity index (χ1) is 19.7. The van der Waals surface area contributed by atoms with Crippen LogP contribution in [0.5, 0.6) is 0 Å². The molecule has 3 saturated carbocycles. The first-order valence-electron chi connectivity index (χ1n) is 14.5. The van der Waals surface area contributed by atoms with Crippen LogP contribution in [0.3, 0.4) is 0 Å². The van der Waals surface area contributed by atoms with Crippen LogP contribution in [0.1, 0.15) is 67.7 Å². The highest BCUT2D eigenvalue weighted by Crippen LogP contribution is 2.65. The molecule has 4 fully saturated rings. The zero-order valence-corrected chi connectivity index (χ0v) is 23.8. The summed E-state index contributed by atoms with van der Waals surface area (Å²) in [5.74, 6) is 0.0905. The monoisotopic (exact) mass is 552 g/mol.